The first-order chi connectivity index (χ1) is 9.16. The Kier molecular flexibility index (Phi) is 3.53. The predicted molar refractivity (Wildman–Crippen MR) is 78.8 cm³/mol. The van der Waals surface area contributed by atoms with Gasteiger partial charge in [0.2, 0.25) is 0 Å². The van der Waals surface area contributed by atoms with Crippen LogP contribution in [0.2, 0.25) is 5.02 Å². The van der Waals surface area contributed by atoms with Crippen molar-refractivity contribution in [1.29, 1.82) is 0 Å². The van der Waals surface area contributed by atoms with Gasteiger partial charge >= 0.3 is 0 Å². The second kappa shape index (κ2) is 5.16. The Hall–Kier alpha value is -1.02. The lowest BCUT2D eigenvalue weighted by Gasteiger charge is -2.14. The highest BCUT2D eigenvalue weighted by molar-refractivity contribution is 6.33. The van der Waals surface area contributed by atoms with Crippen molar-refractivity contribution in [3.63, 3.8) is 0 Å². The van der Waals surface area contributed by atoms with Gasteiger partial charge in [-0.3, -0.25) is 0 Å². The summed E-state index contributed by atoms with van der Waals surface area (Å²) in [5.41, 5.74) is 5.56. The second-order valence-electron chi connectivity index (χ2n) is 4.86. The van der Waals surface area contributed by atoms with Crippen molar-refractivity contribution in [3.8, 4) is 0 Å². The van der Waals surface area contributed by atoms with Crippen LogP contribution in [0.3, 0.4) is 0 Å². The Morgan fingerprint density at radius 3 is 2.74 bits per heavy atom. The molecule has 0 amide bonds. The number of hydrogen-bond acceptors (Lipinski definition) is 1. The zero-order chi connectivity index (χ0) is 13.4. The number of fused-ring (bicyclic) bond motifs is 1. The molecule has 1 nitrogen and oxygen atoms in total. The molecule has 1 aliphatic heterocycles. The van der Waals surface area contributed by atoms with Crippen LogP contribution in [0.1, 0.15) is 33.2 Å². The lowest BCUT2D eigenvalue weighted by Crippen LogP contribution is -1.97. The zero-order valence-electron chi connectivity index (χ0n) is 10.6. The third-order valence-corrected chi connectivity index (χ3v) is 4.54. The third-order valence-electron chi connectivity index (χ3n) is 3.53. The number of benzene rings is 2. The van der Waals surface area contributed by atoms with Gasteiger partial charge in [-0.25, -0.2) is 0 Å². The van der Waals surface area contributed by atoms with Crippen molar-refractivity contribution >= 4 is 23.2 Å². The van der Waals surface area contributed by atoms with Gasteiger partial charge < -0.3 is 4.74 Å². The molecule has 1 atom stereocenters. The van der Waals surface area contributed by atoms with Crippen LogP contribution in [0, 0.1) is 6.92 Å². The first-order valence-corrected chi connectivity index (χ1v) is 7.07. The fraction of sp³-hybridized carbons (Fsp3) is 0.250. The molecule has 0 saturated heterocycles. The Morgan fingerprint density at radius 1 is 1.11 bits per heavy atom. The molecule has 0 N–H and O–H groups in total. The summed E-state index contributed by atoms with van der Waals surface area (Å²) in [5.74, 6) is 0. The van der Waals surface area contributed by atoms with Gasteiger partial charge in [0.05, 0.1) is 18.6 Å². The van der Waals surface area contributed by atoms with Gasteiger partial charge in [0.15, 0.2) is 0 Å². The van der Waals surface area contributed by atoms with E-state index in [1.54, 1.807) is 0 Å². The van der Waals surface area contributed by atoms with E-state index in [0.717, 1.165) is 21.7 Å². The molecular weight excluding hydrogens is 279 g/mol. The Morgan fingerprint density at radius 2 is 1.89 bits per heavy atom. The molecule has 19 heavy (non-hydrogen) atoms. The van der Waals surface area contributed by atoms with E-state index in [-0.39, 0.29) is 5.38 Å². The molecule has 3 heteroatoms. The van der Waals surface area contributed by atoms with Gasteiger partial charge in [-0.05, 0) is 34.7 Å². The molecule has 0 aromatic heterocycles. The van der Waals surface area contributed by atoms with E-state index >= 15 is 0 Å². The maximum absolute atomic E-state index is 6.59. The quantitative estimate of drug-likeness (QED) is 0.707. The first-order valence-electron chi connectivity index (χ1n) is 6.25. The van der Waals surface area contributed by atoms with E-state index in [4.69, 9.17) is 27.9 Å². The fourth-order valence-electron chi connectivity index (χ4n) is 2.40. The fourth-order valence-corrected chi connectivity index (χ4v) is 3.00. The molecule has 2 aromatic carbocycles. The first kappa shape index (κ1) is 13.0. The Labute approximate surface area is 123 Å². The molecule has 0 radical (unpaired) electrons. The summed E-state index contributed by atoms with van der Waals surface area (Å²) < 4.78 is 5.43. The topological polar surface area (TPSA) is 9.23 Å². The second-order valence-corrected chi connectivity index (χ2v) is 5.68. The molecule has 0 saturated carbocycles. The minimum absolute atomic E-state index is 0.224. The van der Waals surface area contributed by atoms with E-state index in [0.29, 0.717) is 13.2 Å². The van der Waals surface area contributed by atoms with E-state index in [1.807, 2.05) is 25.1 Å². The summed E-state index contributed by atoms with van der Waals surface area (Å²) in [6, 6.07) is 12.2. The summed E-state index contributed by atoms with van der Waals surface area (Å²) in [6.07, 6.45) is 0. The van der Waals surface area contributed by atoms with Crippen molar-refractivity contribution < 1.29 is 4.74 Å². The third kappa shape index (κ3) is 2.38. The molecule has 1 aliphatic rings. The van der Waals surface area contributed by atoms with Crippen LogP contribution in [-0.2, 0) is 18.0 Å². The van der Waals surface area contributed by atoms with Gasteiger partial charge in [0.1, 0.15) is 0 Å². The minimum atomic E-state index is -0.224. The standard InChI is InChI=1S/C16H14Cl2O/c1-10-3-2-4-14(15(10)17)16(18)11-5-6-12-8-19-9-13(12)7-11/h2-7,16H,8-9H2,1H3. The molecule has 98 valence electrons. The van der Waals surface area contributed by atoms with Gasteiger partial charge in [-0.1, -0.05) is 48.0 Å². The van der Waals surface area contributed by atoms with Crippen LogP contribution in [0.5, 0.6) is 0 Å². The number of rotatable bonds is 2. The van der Waals surface area contributed by atoms with Crippen molar-refractivity contribution in [2.75, 3.05) is 0 Å². The van der Waals surface area contributed by atoms with E-state index in [2.05, 4.69) is 18.2 Å². The monoisotopic (exact) mass is 292 g/mol. The van der Waals surface area contributed by atoms with Crippen molar-refractivity contribution in [3.05, 3.63) is 69.2 Å². The molecular formula is C16H14Cl2O. The molecule has 0 aliphatic carbocycles. The average molecular weight is 293 g/mol. The number of halogens is 2. The number of ether oxygens (including phenoxy) is 1. The highest BCUT2D eigenvalue weighted by Gasteiger charge is 2.18. The minimum Gasteiger partial charge on any atom is -0.372 e. The smallest absolute Gasteiger partial charge is 0.0850 e. The Balaban J connectivity index is 2.00. The summed E-state index contributed by atoms with van der Waals surface area (Å²) >= 11 is 12.9. The van der Waals surface area contributed by atoms with Crippen molar-refractivity contribution in [2.45, 2.75) is 25.5 Å². The normalized spacial score (nSPS) is 15.3. The van der Waals surface area contributed by atoms with Gasteiger partial charge in [-0.15, -0.1) is 11.6 Å². The molecule has 0 fully saturated rings. The van der Waals surface area contributed by atoms with Crippen LogP contribution in [0.4, 0.5) is 0 Å². The molecule has 2 aromatic rings. The summed E-state index contributed by atoms with van der Waals surface area (Å²) in [7, 11) is 0. The largest absolute Gasteiger partial charge is 0.372 e. The summed E-state index contributed by atoms with van der Waals surface area (Å²) in [4.78, 5) is 0. The predicted octanol–water partition coefficient (Wildman–Crippen LogP) is 5.01. The number of alkyl halides is 1. The van der Waals surface area contributed by atoms with E-state index in [9.17, 15) is 0 Å². The zero-order valence-corrected chi connectivity index (χ0v) is 12.1. The molecule has 1 unspecified atom stereocenters. The van der Waals surface area contributed by atoms with E-state index < -0.39 is 0 Å². The maximum atomic E-state index is 6.59. The molecule has 0 spiro atoms. The van der Waals surface area contributed by atoms with Crippen LogP contribution in [0.15, 0.2) is 36.4 Å². The number of hydrogen-bond donors (Lipinski definition) is 0. The molecule has 3 rings (SSSR count). The summed E-state index contributed by atoms with van der Waals surface area (Å²) in [5, 5.41) is 0.526. The maximum Gasteiger partial charge on any atom is 0.0850 e. The Bertz CT molecular complexity index is 622. The lowest BCUT2D eigenvalue weighted by molar-refractivity contribution is 0.134. The van der Waals surface area contributed by atoms with Crippen LogP contribution >= 0.6 is 23.2 Å². The van der Waals surface area contributed by atoms with Gasteiger partial charge in [0, 0.05) is 5.02 Å². The van der Waals surface area contributed by atoms with E-state index in [1.165, 1.54) is 11.1 Å². The van der Waals surface area contributed by atoms with Gasteiger partial charge in [0.25, 0.3) is 0 Å². The van der Waals surface area contributed by atoms with Crippen molar-refractivity contribution in [1.82, 2.24) is 0 Å². The van der Waals surface area contributed by atoms with Crippen LogP contribution in [-0.4, -0.2) is 0 Å². The highest BCUT2D eigenvalue weighted by atomic mass is 35.5. The summed E-state index contributed by atoms with van der Waals surface area (Å²) in [6.45, 7) is 3.37. The lowest BCUT2D eigenvalue weighted by atomic mass is 9.99. The highest BCUT2D eigenvalue weighted by Crippen LogP contribution is 2.36. The number of aryl methyl sites for hydroxylation is 1. The molecule has 0 bridgehead atoms. The van der Waals surface area contributed by atoms with Crippen LogP contribution < -0.4 is 0 Å². The SMILES string of the molecule is Cc1cccc(C(Cl)c2ccc3c(c2)COC3)c1Cl. The molecule has 1 heterocycles. The van der Waals surface area contributed by atoms with Gasteiger partial charge in [-0.2, -0.15) is 0 Å². The van der Waals surface area contributed by atoms with Crippen LogP contribution in [0.25, 0.3) is 0 Å². The van der Waals surface area contributed by atoms with Crippen molar-refractivity contribution in [2.24, 2.45) is 0 Å². The average Bonchev–Trinajstić information content (AvgIpc) is 2.88.